The first kappa shape index (κ1) is 16.3. The van der Waals surface area contributed by atoms with E-state index in [1.54, 1.807) is 24.3 Å². The fourth-order valence-electron chi connectivity index (χ4n) is 2.11. The van der Waals surface area contributed by atoms with Gasteiger partial charge in [0, 0.05) is 17.6 Å². The van der Waals surface area contributed by atoms with E-state index in [-0.39, 0.29) is 10.6 Å². The van der Waals surface area contributed by atoms with Crippen molar-refractivity contribution in [1.29, 1.82) is 0 Å². The summed E-state index contributed by atoms with van der Waals surface area (Å²) in [5, 5.41) is -0.0409. The van der Waals surface area contributed by atoms with Crippen molar-refractivity contribution < 1.29 is 14.1 Å². The molecule has 6 nitrogen and oxygen atoms in total. The van der Waals surface area contributed by atoms with E-state index < -0.39 is 22.7 Å². The van der Waals surface area contributed by atoms with Gasteiger partial charge in [0.1, 0.15) is 12.1 Å². The average molecular weight is 320 g/mol. The van der Waals surface area contributed by atoms with Gasteiger partial charge in [0.25, 0.3) is 10.6 Å². The molecular formula is C15H16N2O4S. The molecule has 2 aromatic rings. The number of hydrogen-bond donors (Lipinski definition) is 0. The van der Waals surface area contributed by atoms with Crippen molar-refractivity contribution in [1.82, 2.24) is 9.55 Å². The van der Waals surface area contributed by atoms with Crippen LogP contribution in [-0.4, -0.2) is 33.4 Å². The number of hydrogen-bond acceptors (Lipinski definition) is 5. The summed E-state index contributed by atoms with van der Waals surface area (Å²) < 4.78 is 17.8. The molecule has 0 fully saturated rings. The summed E-state index contributed by atoms with van der Waals surface area (Å²) >= 11 is -1.57. The number of para-hydroxylation sites is 1. The minimum Gasteiger partial charge on any atom is -0.610 e. The van der Waals surface area contributed by atoms with Gasteiger partial charge < -0.3 is 9.29 Å². The summed E-state index contributed by atoms with van der Waals surface area (Å²) in [5.74, 6) is -0.399. The van der Waals surface area contributed by atoms with Crippen LogP contribution in [0.1, 0.15) is 23.1 Å². The van der Waals surface area contributed by atoms with E-state index in [4.69, 9.17) is 0 Å². The van der Waals surface area contributed by atoms with Crippen LogP contribution in [0, 0.1) is 0 Å². The van der Waals surface area contributed by atoms with Crippen LogP contribution in [0.5, 0.6) is 0 Å². The van der Waals surface area contributed by atoms with Gasteiger partial charge in [0.2, 0.25) is 5.56 Å². The first-order chi connectivity index (χ1) is 10.5. The number of carbonyl (C=O) groups is 1. The number of methoxy groups -OCH3 is 1. The van der Waals surface area contributed by atoms with Gasteiger partial charge in [-0.05, 0) is 12.1 Å². The van der Waals surface area contributed by atoms with Crippen LogP contribution < -0.4 is 5.56 Å². The van der Waals surface area contributed by atoms with Crippen LogP contribution in [0.25, 0.3) is 5.69 Å². The van der Waals surface area contributed by atoms with Gasteiger partial charge in [-0.25, -0.2) is 4.79 Å². The topological polar surface area (TPSA) is 84.2 Å². The lowest BCUT2D eigenvalue weighted by Gasteiger charge is -2.15. The predicted molar refractivity (Wildman–Crippen MR) is 82.9 cm³/mol. The molecule has 0 aliphatic heterocycles. The fourth-order valence-corrected chi connectivity index (χ4v) is 2.80. The second kappa shape index (κ2) is 6.76. The molecule has 0 amide bonds. The van der Waals surface area contributed by atoms with Gasteiger partial charge in [0.05, 0.1) is 12.8 Å². The predicted octanol–water partition coefficient (Wildman–Crippen LogP) is 1.32. The van der Waals surface area contributed by atoms with Crippen molar-refractivity contribution in [3.63, 3.8) is 0 Å². The third kappa shape index (κ3) is 2.90. The number of ether oxygens (including phenoxy) is 1. The molecule has 0 aliphatic carbocycles. The van der Waals surface area contributed by atoms with Crippen LogP contribution in [0.2, 0.25) is 0 Å². The largest absolute Gasteiger partial charge is 0.610 e. The molecular weight excluding hydrogens is 304 g/mol. The molecule has 0 saturated carbocycles. The Morgan fingerprint density at radius 1 is 1.36 bits per heavy atom. The summed E-state index contributed by atoms with van der Waals surface area (Å²) in [7, 11) is 1.17. The second-order valence-electron chi connectivity index (χ2n) is 4.48. The smallest absolute Gasteiger partial charge is 0.350 e. The van der Waals surface area contributed by atoms with Gasteiger partial charge in [-0.15, -0.1) is 0 Å². The maximum absolute atomic E-state index is 12.8. The maximum atomic E-state index is 12.8. The fraction of sp³-hybridized carbons (Fsp3) is 0.267. The van der Waals surface area contributed by atoms with Crippen molar-refractivity contribution in [2.75, 3.05) is 13.4 Å². The van der Waals surface area contributed by atoms with Crippen molar-refractivity contribution >= 4 is 17.1 Å². The van der Waals surface area contributed by atoms with Crippen molar-refractivity contribution in [2.45, 2.75) is 18.4 Å². The van der Waals surface area contributed by atoms with E-state index in [1.807, 2.05) is 13.0 Å². The molecule has 116 valence electrons. The zero-order chi connectivity index (χ0) is 16.3. The van der Waals surface area contributed by atoms with Crippen LogP contribution >= 0.6 is 0 Å². The lowest BCUT2D eigenvalue weighted by Crippen LogP contribution is -2.32. The molecule has 0 bridgehead atoms. The number of aromatic nitrogens is 2. The quantitative estimate of drug-likeness (QED) is 0.482. The van der Waals surface area contributed by atoms with E-state index in [9.17, 15) is 14.1 Å². The Morgan fingerprint density at radius 3 is 2.50 bits per heavy atom. The third-order valence-electron chi connectivity index (χ3n) is 3.11. The van der Waals surface area contributed by atoms with Crippen molar-refractivity contribution in [3.8, 4) is 5.69 Å². The zero-order valence-electron chi connectivity index (χ0n) is 12.5. The molecule has 1 atom stereocenters. The molecule has 1 aromatic heterocycles. The average Bonchev–Trinajstić information content (AvgIpc) is 2.53. The second-order valence-corrected chi connectivity index (χ2v) is 5.78. The van der Waals surface area contributed by atoms with Crippen LogP contribution in [0.15, 0.2) is 40.2 Å². The van der Waals surface area contributed by atoms with Crippen molar-refractivity contribution in [2.24, 2.45) is 0 Å². The number of rotatable bonds is 4. The van der Waals surface area contributed by atoms with Gasteiger partial charge in [-0.1, -0.05) is 25.1 Å². The number of carbonyl (C=O) groups excluding carboxylic acids is 1. The summed E-state index contributed by atoms with van der Waals surface area (Å²) in [6.45, 7) is 1.83. The third-order valence-corrected chi connectivity index (χ3v) is 3.95. The molecule has 0 aliphatic rings. The number of nitrogens with zero attached hydrogens (tertiary/aromatic N) is 2. The summed E-state index contributed by atoms with van der Waals surface area (Å²) in [6, 6.07) is 8.87. The molecule has 0 spiro atoms. The molecule has 1 unspecified atom stereocenters. The minimum absolute atomic E-state index is 0.0409. The SMILES string of the molecule is CCc1nc([S+](C)[O-])c(C(=O)OC)c(=O)n1-c1ccccc1. The van der Waals surface area contributed by atoms with Crippen molar-refractivity contribution in [3.05, 3.63) is 52.1 Å². The van der Waals surface area contributed by atoms with E-state index in [0.717, 1.165) is 0 Å². The molecule has 1 heterocycles. The Bertz CT molecular complexity index is 741. The van der Waals surface area contributed by atoms with Gasteiger partial charge >= 0.3 is 5.97 Å². The molecule has 0 N–H and O–H groups in total. The lowest BCUT2D eigenvalue weighted by atomic mass is 10.2. The zero-order valence-corrected chi connectivity index (χ0v) is 13.3. The Labute approximate surface area is 130 Å². The first-order valence-electron chi connectivity index (χ1n) is 6.64. The molecule has 1 aromatic carbocycles. The first-order valence-corrected chi connectivity index (χ1v) is 8.20. The molecule has 7 heteroatoms. The van der Waals surface area contributed by atoms with Crippen LogP contribution in [0.4, 0.5) is 0 Å². The summed E-state index contributed by atoms with van der Waals surface area (Å²) in [6.07, 6.45) is 1.83. The Balaban J connectivity index is 2.85. The summed E-state index contributed by atoms with van der Waals surface area (Å²) in [5.41, 5.74) is -0.269. The van der Waals surface area contributed by atoms with E-state index in [1.165, 1.54) is 17.9 Å². The monoisotopic (exact) mass is 320 g/mol. The maximum Gasteiger partial charge on any atom is 0.350 e. The molecule has 0 saturated heterocycles. The Morgan fingerprint density at radius 2 is 2.00 bits per heavy atom. The Kier molecular flexibility index (Phi) is 4.99. The standard InChI is InChI=1S/C15H16N2O4S/c1-4-11-16-13(22(3)20)12(15(19)21-2)14(18)17(11)10-8-6-5-7-9-10/h5-9H,4H2,1-3H3. The molecule has 22 heavy (non-hydrogen) atoms. The highest BCUT2D eigenvalue weighted by atomic mass is 32.2. The minimum atomic E-state index is -1.57. The number of esters is 1. The molecule has 2 rings (SSSR count). The van der Waals surface area contributed by atoms with Crippen LogP contribution in [-0.2, 0) is 22.3 Å². The molecule has 0 radical (unpaired) electrons. The summed E-state index contributed by atoms with van der Waals surface area (Å²) in [4.78, 5) is 29.0. The van der Waals surface area contributed by atoms with Gasteiger partial charge in [-0.2, -0.15) is 4.98 Å². The van der Waals surface area contributed by atoms with Crippen LogP contribution in [0.3, 0.4) is 0 Å². The number of benzene rings is 1. The van der Waals surface area contributed by atoms with Gasteiger partial charge in [0.15, 0.2) is 0 Å². The highest BCUT2D eigenvalue weighted by molar-refractivity contribution is 7.90. The lowest BCUT2D eigenvalue weighted by molar-refractivity contribution is 0.0592. The highest BCUT2D eigenvalue weighted by Gasteiger charge is 2.28. The van der Waals surface area contributed by atoms with E-state index in [0.29, 0.717) is 17.9 Å². The van der Waals surface area contributed by atoms with E-state index >= 15 is 0 Å². The Hall–Kier alpha value is -2.12. The van der Waals surface area contributed by atoms with E-state index in [2.05, 4.69) is 9.72 Å². The highest BCUT2D eigenvalue weighted by Crippen LogP contribution is 2.15. The van der Waals surface area contributed by atoms with Gasteiger partial charge in [-0.3, -0.25) is 9.36 Å². The number of aryl methyl sites for hydroxylation is 1. The normalized spacial score (nSPS) is 12.0.